The fourth-order valence-corrected chi connectivity index (χ4v) is 2.13. The summed E-state index contributed by atoms with van der Waals surface area (Å²) in [4.78, 5) is 6.17. The van der Waals surface area contributed by atoms with Crippen LogP contribution in [0.2, 0.25) is 0 Å². The number of nitrogens with one attached hydrogen (secondary N) is 1. The summed E-state index contributed by atoms with van der Waals surface area (Å²) in [6.45, 7) is 9.72. The van der Waals surface area contributed by atoms with Gasteiger partial charge < -0.3 is 5.32 Å². The minimum Gasteiger partial charge on any atom is -0.369 e. The van der Waals surface area contributed by atoms with E-state index < -0.39 is 11.7 Å². The number of rotatable bonds is 6. The lowest BCUT2D eigenvalue weighted by atomic mass is 10.2. The van der Waals surface area contributed by atoms with Crippen LogP contribution < -0.4 is 5.32 Å². The summed E-state index contributed by atoms with van der Waals surface area (Å²) in [6.07, 6.45) is -3.16. The maximum Gasteiger partial charge on any atom is 0.416 e. The fourth-order valence-electron chi connectivity index (χ4n) is 2.13. The molecule has 3 nitrogen and oxygen atoms in total. The minimum atomic E-state index is -4.33. The van der Waals surface area contributed by atoms with E-state index in [0.29, 0.717) is 18.6 Å². The molecule has 0 radical (unpaired) electrons. The summed E-state index contributed by atoms with van der Waals surface area (Å²) in [5.41, 5.74) is -0.681. The van der Waals surface area contributed by atoms with Crippen molar-refractivity contribution in [1.29, 1.82) is 0 Å². The molecule has 1 N–H and O–H groups in total. The van der Waals surface area contributed by atoms with Crippen molar-refractivity contribution in [3.8, 4) is 0 Å². The second kappa shape index (κ2) is 6.92. The molecule has 1 heterocycles. The normalized spacial score (nSPS) is 12.5. The highest BCUT2D eigenvalue weighted by atomic mass is 19.4. The molecule has 0 aliphatic carbocycles. The van der Waals surface area contributed by atoms with Gasteiger partial charge in [0, 0.05) is 31.4 Å². The van der Waals surface area contributed by atoms with Gasteiger partial charge in [-0.2, -0.15) is 13.2 Å². The summed E-state index contributed by atoms with van der Waals surface area (Å²) in [6, 6.07) is 2.80. The van der Waals surface area contributed by atoms with Crippen LogP contribution in [0.25, 0.3) is 0 Å². The number of hydrogen-bond donors (Lipinski definition) is 1. The Bertz CT molecular complexity index is 408. The van der Waals surface area contributed by atoms with Gasteiger partial charge in [-0.05, 0) is 39.8 Å². The van der Waals surface area contributed by atoms with E-state index in [1.54, 1.807) is 0 Å². The summed E-state index contributed by atoms with van der Waals surface area (Å²) in [5, 5.41) is 2.94. The Morgan fingerprint density at radius 3 is 2.30 bits per heavy atom. The van der Waals surface area contributed by atoms with Gasteiger partial charge in [0.05, 0.1) is 5.56 Å². The van der Waals surface area contributed by atoms with Crippen molar-refractivity contribution in [2.45, 2.75) is 46.0 Å². The second-order valence-corrected chi connectivity index (χ2v) is 5.28. The van der Waals surface area contributed by atoms with Crippen LogP contribution >= 0.6 is 0 Å². The number of hydrogen-bond acceptors (Lipinski definition) is 3. The van der Waals surface area contributed by atoms with Crippen LogP contribution in [-0.2, 0) is 6.18 Å². The summed E-state index contributed by atoms with van der Waals surface area (Å²) in [5.74, 6) is 0.257. The highest BCUT2D eigenvalue weighted by Crippen LogP contribution is 2.29. The molecule has 0 aromatic carbocycles. The molecule has 0 aliphatic rings. The van der Waals surface area contributed by atoms with Crippen LogP contribution in [0.1, 0.15) is 33.3 Å². The van der Waals surface area contributed by atoms with Crippen molar-refractivity contribution in [3.63, 3.8) is 0 Å². The Balaban J connectivity index is 2.58. The van der Waals surface area contributed by atoms with E-state index in [1.807, 2.05) is 0 Å². The lowest BCUT2D eigenvalue weighted by Gasteiger charge is -2.30. The smallest absolute Gasteiger partial charge is 0.369 e. The fraction of sp³-hybridized carbons (Fsp3) is 0.643. The van der Waals surface area contributed by atoms with Crippen molar-refractivity contribution in [3.05, 3.63) is 23.9 Å². The summed E-state index contributed by atoms with van der Waals surface area (Å²) in [7, 11) is 0. The van der Waals surface area contributed by atoms with Gasteiger partial charge in [-0.15, -0.1) is 0 Å². The van der Waals surface area contributed by atoms with E-state index in [1.165, 1.54) is 6.20 Å². The number of anilines is 1. The maximum absolute atomic E-state index is 12.6. The first-order valence-electron chi connectivity index (χ1n) is 6.74. The molecule has 0 spiro atoms. The molecule has 0 saturated heterocycles. The number of pyridine rings is 1. The Hall–Kier alpha value is -1.30. The molecule has 1 rings (SSSR count). The topological polar surface area (TPSA) is 28.2 Å². The molecule has 1 aromatic rings. The average Bonchev–Trinajstić information content (AvgIpc) is 2.33. The Kier molecular flexibility index (Phi) is 5.80. The SMILES string of the molecule is CC(C)N(CCNc1cc(C(F)(F)F)ccn1)C(C)C. The zero-order valence-corrected chi connectivity index (χ0v) is 12.3. The van der Waals surface area contributed by atoms with Crippen LogP contribution in [0.4, 0.5) is 19.0 Å². The van der Waals surface area contributed by atoms with Gasteiger partial charge in [-0.1, -0.05) is 0 Å². The summed E-state index contributed by atoms with van der Waals surface area (Å²) < 4.78 is 37.7. The van der Waals surface area contributed by atoms with Crippen molar-refractivity contribution < 1.29 is 13.2 Å². The van der Waals surface area contributed by atoms with Crippen LogP contribution in [0, 0.1) is 0 Å². The number of nitrogens with zero attached hydrogens (tertiary/aromatic N) is 2. The van der Waals surface area contributed by atoms with Gasteiger partial charge in [0.1, 0.15) is 5.82 Å². The van der Waals surface area contributed by atoms with Gasteiger partial charge in [0.25, 0.3) is 0 Å². The molecular formula is C14H22F3N3. The van der Waals surface area contributed by atoms with E-state index in [0.717, 1.165) is 18.7 Å². The third-order valence-corrected chi connectivity index (χ3v) is 3.09. The predicted molar refractivity (Wildman–Crippen MR) is 74.7 cm³/mol. The number of halogens is 3. The second-order valence-electron chi connectivity index (χ2n) is 5.28. The highest BCUT2D eigenvalue weighted by molar-refractivity contribution is 5.38. The molecule has 0 unspecified atom stereocenters. The van der Waals surface area contributed by atoms with Gasteiger partial charge in [0.15, 0.2) is 0 Å². The third kappa shape index (κ3) is 5.00. The minimum absolute atomic E-state index is 0.257. The zero-order valence-electron chi connectivity index (χ0n) is 12.3. The predicted octanol–water partition coefficient (Wildman–Crippen LogP) is 3.63. The van der Waals surface area contributed by atoms with Crippen molar-refractivity contribution in [2.75, 3.05) is 18.4 Å². The molecule has 0 amide bonds. The molecule has 0 aliphatic heterocycles. The molecule has 0 fully saturated rings. The molecule has 0 bridgehead atoms. The molecule has 0 atom stereocenters. The van der Waals surface area contributed by atoms with Crippen molar-refractivity contribution >= 4 is 5.82 Å². The van der Waals surface area contributed by atoms with E-state index in [-0.39, 0.29) is 5.82 Å². The highest BCUT2D eigenvalue weighted by Gasteiger charge is 2.30. The molecular weight excluding hydrogens is 267 g/mol. The average molecular weight is 289 g/mol. The van der Waals surface area contributed by atoms with Crippen molar-refractivity contribution in [1.82, 2.24) is 9.88 Å². The van der Waals surface area contributed by atoms with Crippen LogP contribution in [0.5, 0.6) is 0 Å². The number of alkyl halides is 3. The first-order chi connectivity index (χ1) is 9.21. The lowest BCUT2D eigenvalue weighted by molar-refractivity contribution is -0.137. The van der Waals surface area contributed by atoms with E-state index in [4.69, 9.17) is 0 Å². The van der Waals surface area contributed by atoms with Crippen LogP contribution in [0.3, 0.4) is 0 Å². The first kappa shape index (κ1) is 16.8. The van der Waals surface area contributed by atoms with E-state index in [2.05, 4.69) is 42.9 Å². The lowest BCUT2D eigenvalue weighted by Crippen LogP contribution is -2.40. The van der Waals surface area contributed by atoms with E-state index >= 15 is 0 Å². The summed E-state index contributed by atoms with van der Waals surface area (Å²) >= 11 is 0. The standard InChI is InChI=1S/C14H22F3N3/c1-10(2)20(11(3)4)8-7-19-13-9-12(5-6-18-13)14(15,16)17/h5-6,9-11H,7-8H2,1-4H3,(H,18,19). The molecule has 20 heavy (non-hydrogen) atoms. The van der Waals surface area contributed by atoms with Crippen LogP contribution in [0.15, 0.2) is 18.3 Å². The van der Waals surface area contributed by atoms with Gasteiger partial charge >= 0.3 is 6.18 Å². The Morgan fingerprint density at radius 2 is 1.80 bits per heavy atom. The van der Waals surface area contributed by atoms with Crippen molar-refractivity contribution in [2.24, 2.45) is 0 Å². The molecule has 6 heteroatoms. The third-order valence-electron chi connectivity index (χ3n) is 3.09. The van der Waals surface area contributed by atoms with Gasteiger partial charge in [-0.3, -0.25) is 4.90 Å². The largest absolute Gasteiger partial charge is 0.416 e. The van der Waals surface area contributed by atoms with E-state index in [9.17, 15) is 13.2 Å². The van der Waals surface area contributed by atoms with Gasteiger partial charge in [-0.25, -0.2) is 4.98 Å². The Morgan fingerprint density at radius 1 is 1.20 bits per heavy atom. The first-order valence-corrected chi connectivity index (χ1v) is 6.74. The number of aromatic nitrogens is 1. The quantitative estimate of drug-likeness (QED) is 0.866. The monoisotopic (exact) mass is 289 g/mol. The maximum atomic E-state index is 12.6. The Labute approximate surface area is 118 Å². The molecule has 0 saturated carbocycles. The molecule has 1 aromatic heterocycles. The van der Waals surface area contributed by atoms with Crippen LogP contribution in [-0.4, -0.2) is 35.1 Å². The molecule has 114 valence electrons. The van der Waals surface area contributed by atoms with Gasteiger partial charge in [0.2, 0.25) is 0 Å². The zero-order chi connectivity index (χ0) is 15.3.